The molecule has 4 unspecified atom stereocenters. The summed E-state index contributed by atoms with van der Waals surface area (Å²) in [5.74, 6) is 2.58. The summed E-state index contributed by atoms with van der Waals surface area (Å²) in [5, 5.41) is 0. The number of hydrogen-bond donors (Lipinski definition) is 0. The number of rotatable bonds is 9. The molecular weight excluding hydrogens is 360 g/mol. The summed E-state index contributed by atoms with van der Waals surface area (Å²) in [5.41, 5.74) is 3.61. The lowest BCUT2D eigenvalue weighted by atomic mass is 9.63. The van der Waals surface area contributed by atoms with Crippen molar-refractivity contribution < 1.29 is 0 Å². The van der Waals surface area contributed by atoms with Crippen molar-refractivity contribution in [3.05, 3.63) is 71.8 Å². The van der Waals surface area contributed by atoms with Crippen LogP contribution in [-0.4, -0.2) is 0 Å². The minimum absolute atomic E-state index is 0.296. The number of benzene rings is 2. The van der Waals surface area contributed by atoms with Crippen LogP contribution in [0.4, 0.5) is 0 Å². The molecule has 166 valence electrons. The van der Waals surface area contributed by atoms with Crippen molar-refractivity contribution in [1.29, 1.82) is 0 Å². The molecule has 0 heteroatoms. The van der Waals surface area contributed by atoms with E-state index < -0.39 is 0 Å². The van der Waals surface area contributed by atoms with Crippen molar-refractivity contribution in [2.45, 2.75) is 92.9 Å². The first-order valence-corrected chi connectivity index (χ1v) is 12.2. The third-order valence-electron chi connectivity index (χ3n) is 7.26. The molecule has 0 aromatic heterocycles. The van der Waals surface area contributed by atoms with Gasteiger partial charge in [-0.25, -0.2) is 0 Å². The van der Waals surface area contributed by atoms with Gasteiger partial charge in [-0.1, -0.05) is 122 Å². The molecule has 0 bridgehead atoms. The van der Waals surface area contributed by atoms with Gasteiger partial charge in [0.15, 0.2) is 0 Å². The molecule has 0 nitrogen and oxygen atoms in total. The summed E-state index contributed by atoms with van der Waals surface area (Å²) in [6.45, 7) is 19.4. The second-order valence-electron chi connectivity index (χ2n) is 11.5. The van der Waals surface area contributed by atoms with E-state index in [0.717, 1.165) is 0 Å². The molecule has 0 aliphatic heterocycles. The molecule has 0 amide bonds. The van der Waals surface area contributed by atoms with Gasteiger partial charge in [0.05, 0.1) is 0 Å². The van der Waals surface area contributed by atoms with Crippen molar-refractivity contribution in [2.75, 3.05) is 0 Å². The van der Waals surface area contributed by atoms with E-state index >= 15 is 0 Å². The largest absolute Gasteiger partial charge is 0.0654 e. The summed E-state index contributed by atoms with van der Waals surface area (Å²) in [6.07, 6.45) is 5.10. The minimum Gasteiger partial charge on any atom is -0.0654 e. The second-order valence-corrected chi connectivity index (χ2v) is 11.5. The molecule has 0 heterocycles. The topological polar surface area (TPSA) is 0 Å². The van der Waals surface area contributed by atoms with Gasteiger partial charge in [0.2, 0.25) is 0 Å². The Morgan fingerprint density at radius 3 is 1.47 bits per heavy atom. The Labute approximate surface area is 187 Å². The van der Waals surface area contributed by atoms with Crippen LogP contribution >= 0.6 is 0 Å². The maximum absolute atomic E-state index is 2.45. The third kappa shape index (κ3) is 6.73. The SMILES string of the molecule is CCCC(c1ccccc1)C(CCC(C(C)c1ccccc1)C(C)(C)C)C(C)(C)C. The Hall–Kier alpha value is -1.56. The molecule has 0 N–H and O–H groups in total. The lowest BCUT2D eigenvalue weighted by Gasteiger charge is -2.42. The second kappa shape index (κ2) is 10.7. The highest BCUT2D eigenvalue weighted by Gasteiger charge is 2.36. The highest BCUT2D eigenvalue weighted by molar-refractivity contribution is 5.22. The van der Waals surface area contributed by atoms with Crippen LogP contribution in [-0.2, 0) is 0 Å². The van der Waals surface area contributed by atoms with Gasteiger partial charge in [-0.2, -0.15) is 0 Å². The molecule has 0 aliphatic carbocycles. The van der Waals surface area contributed by atoms with Gasteiger partial charge in [-0.3, -0.25) is 0 Å². The zero-order chi connectivity index (χ0) is 22.4. The van der Waals surface area contributed by atoms with Crippen LogP contribution in [0.25, 0.3) is 0 Å². The van der Waals surface area contributed by atoms with Crippen molar-refractivity contribution >= 4 is 0 Å². The lowest BCUT2D eigenvalue weighted by molar-refractivity contribution is 0.131. The molecular formula is C30H46. The molecule has 4 atom stereocenters. The van der Waals surface area contributed by atoms with Gasteiger partial charge in [-0.15, -0.1) is 0 Å². The van der Waals surface area contributed by atoms with E-state index in [1.807, 2.05) is 0 Å². The van der Waals surface area contributed by atoms with Crippen LogP contribution in [0, 0.1) is 22.7 Å². The molecule has 0 fully saturated rings. The van der Waals surface area contributed by atoms with Crippen molar-refractivity contribution in [1.82, 2.24) is 0 Å². The van der Waals surface area contributed by atoms with Gasteiger partial charge in [0, 0.05) is 0 Å². The maximum Gasteiger partial charge on any atom is -0.0129 e. The predicted octanol–water partition coefficient (Wildman–Crippen LogP) is 9.48. The van der Waals surface area contributed by atoms with Crippen molar-refractivity contribution in [3.63, 3.8) is 0 Å². The Bertz CT molecular complexity index is 714. The van der Waals surface area contributed by atoms with Crippen LogP contribution in [0.15, 0.2) is 60.7 Å². The Morgan fingerprint density at radius 1 is 0.600 bits per heavy atom. The van der Waals surface area contributed by atoms with Gasteiger partial charge >= 0.3 is 0 Å². The third-order valence-corrected chi connectivity index (χ3v) is 7.26. The van der Waals surface area contributed by atoms with Gasteiger partial charge in [-0.05, 0) is 64.9 Å². The first-order valence-electron chi connectivity index (χ1n) is 12.2. The molecule has 0 radical (unpaired) electrons. The summed E-state index contributed by atoms with van der Waals surface area (Å²) in [6, 6.07) is 22.4. The zero-order valence-corrected chi connectivity index (χ0v) is 20.9. The summed E-state index contributed by atoms with van der Waals surface area (Å²) in [7, 11) is 0. The monoisotopic (exact) mass is 406 g/mol. The number of hydrogen-bond acceptors (Lipinski definition) is 0. The van der Waals surface area contributed by atoms with E-state index in [1.54, 1.807) is 0 Å². The lowest BCUT2D eigenvalue weighted by Crippen LogP contribution is -2.31. The summed E-state index contributed by atoms with van der Waals surface area (Å²) >= 11 is 0. The fourth-order valence-electron chi connectivity index (χ4n) is 5.63. The fraction of sp³-hybridized carbons (Fsp3) is 0.600. The quantitative estimate of drug-likeness (QED) is 0.389. The molecule has 2 aromatic carbocycles. The molecule has 0 aliphatic rings. The fourth-order valence-corrected chi connectivity index (χ4v) is 5.63. The molecule has 2 rings (SSSR count). The van der Waals surface area contributed by atoms with E-state index in [-0.39, 0.29) is 0 Å². The summed E-state index contributed by atoms with van der Waals surface area (Å²) in [4.78, 5) is 0. The minimum atomic E-state index is 0.296. The Balaban J connectivity index is 2.30. The highest BCUT2D eigenvalue weighted by atomic mass is 14.4. The molecule has 0 spiro atoms. The van der Waals surface area contributed by atoms with Gasteiger partial charge < -0.3 is 0 Å². The van der Waals surface area contributed by atoms with Gasteiger partial charge in [0.1, 0.15) is 0 Å². The first kappa shape index (κ1) is 24.7. The van der Waals surface area contributed by atoms with Crippen LogP contribution < -0.4 is 0 Å². The van der Waals surface area contributed by atoms with Crippen LogP contribution in [0.3, 0.4) is 0 Å². The predicted molar refractivity (Wildman–Crippen MR) is 134 cm³/mol. The highest BCUT2D eigenvalue weighted by Crippen LogP contribution is 2.47. The van der Waals surface area contributed by atoms with Crippen LogP contribution in [0.1, 0.15) is 104 Å². The maximum atomic E-state index is 2.45. The van der Waals surface area contributed by atoms with E-state index in [0.29, 0.717) is 34.5 Å². The Morgan fingerprint density at radius 2 is 1.03 bits per heavy atom. The first-order chi connectivity index (χ1) is 14.1. The molecule has 0 saturated carbocycles. The van der Waals surface area contributed by atoms with E-state index in [2.05, 4.69) is 116 Å². The van der Waals surface area contributed by atoms with Crippen LogP contribution in [0.5, 0.6) is 0 Å². The normalized spacial score (nSPS) is 16.7. The average Bonchev–Trinajstić information content (AvgIpc) is 2.69. The van der Waals surface area contributed by atoms with Crippen LogP contribution in [0.2, 0.25) is 0 Å². The molecule has 2 aromatic rings. The Kier molecular flexibility index (Phi) is 8.77. The molecule has 30 heavy (non-hydrogen) atoms. The van der Waals surface area contributed by atoms with Crippen molar-refractivity contribution in [2.24, 2.45) is 22.7 Å². The molecule has 0 saturated heterocycles. The van der Waals surface area contributed by atoms with E-state index in [4.69, 9.17) is 0 Å². The zero-order valence-electron chi connectivity index (χ0n) is 20.9. The van der Waals surface area contributed by atoms with E-state index in [1.165, 1.54) is 36.8 Å². The smallest absolute Gasteiger partial charge is 0.0129 e. The van der Waals surface area contributed by atoms with Crippen molar-refractivity contribution in [3.8, 4) is 0 Å². The standard InChI is InChI=1S/C30H46/c1-9-16-26(25-19-14-11-15-20-25)28(30(6,7)8)22-21-27(29(3,4)5)23(2)24-17-12-10-13-18-24/h10-15,17-20,23,26-28H,9,16,21-22H2,1-8H3. The van der Waals surface area contributed by atoms with Gasteiger partial charge in [0.25, 0.3) is 0 Å². The van der Waals surface area contributed by atoms with E-state index in [9.17, 15) is 0 Å². The summed E-state index contributed by atoms with van der Waals surface area (Å²) < 4.78 is 0. The average molecular weight is 407 g/mol.